The molecule has 0 aliphatic heterocycles. The Bertz CT molecular complexity index is 916. The zero-order chi connectivity index (χ0) is 19.2. The highest BCUT2D eigenvalue weighted by Crippen LogP contribution is 2.37. The number of nitrogen functional groups attached to an aromatic ring is 1. The summed E-state index contributed by atoms with van der Waals surface area (Å²) < 4.78 is 16.4. The number of nitrogens with zero attached hydrogens (tertiary/aromatic N) is 3. The molecule has 8 nitrogen and oxygen atoms in total. The molecule has 0 aliphatic rings. The zero-order valence-electron chi connectivity index (χ0n) is 14.8. The summed E-state index contributed by atoms with van der Waals surface area (Å²) in [6, 6.07) is 12.6. The normalized spacial score (nSPS) is 10.3. The zero-order valence-corrected chi connectivity index (χ0v) is 15.5. The van der Waals surface area contributed by atoms with Crippen molar-refractivity contribution in [2.24, 2.45) is 0 Å². The van der Waals surface area contributed by atoms with Crippen molar-refractivity contribution in [3.05, 3.63) is 53.3 Å². The van der Waals surface area contributed by atoms with Crippen molar-refractivity contribution >= 4 is 29.2 Å². The predicted octanol–water partition coefficient (Wildman–Crippen LogP) is 3.45. The van der Waals surface area contributed by atoms with E-state index in [4.69, 9.17) is 31.5 Å². The van der Waals surface area contributed by atoms with E-state index in [-0.39, 0.29) is 18.5 Å². The van der Waals surface area contributed by atoms with Crippen molar-refractivity contribution in [1.29, 1.82) is 0 Å². The van der Waals surface area contributed by atoms with Crippen LogP contribution in [0.25, 0.3) is 0 Å². The van der Waals surface area contributed by atoms with Crippen LogP contribution < -0.4 is 25.3 Å². The largest absolute Gasteiger partial charge is 0.493 e. The summed E-state index contributed by atoms with van der Waals surface area (Å²) in [5.74, 6) is 2.18. The van der Waals surface area contributed by atoms with E-state index >= 15 is 0 Å². The maximum Gasteiger partial charge on any atom is 0.232 e. The van der Waals surface area contributed by atoms with Crippen molar-refractivity contribution in [2.45, 2.75) is 6.61 Å². The minimum Gasteiger partial charge on any atom is -0.493 e. The molecule has 9 heteroatoms. The predicted molar refractivity (Wildman–Crippen MR) is 103 cm³/mol. The van der Waals surface area contributed by atoms with Crippen LogP contribution in [0.4, 0.5) is 17.6 Å². The highest BCUT2D eigenvalue weighted by molar-refractivity contribution is 6.33. The fraction of sp³-hybridized carbons (Fsp3) is 0.167. The van der Waals surface area contributed by atoms with Gasteiger partial charge in [-0.05, 0) is 24.3 Å². The molecule has 27 heavy (non-hydrogen) atoms. The Morgan fingerprint density at radius 3 is 2.33 bits per heavy atom. The second-order valence-electron chi connectivity index (χ2n) is 5.32. The Morgan fingerprint density at radius 2 is 1.67 bits per heavy atom. The number of nitrogens with two attached hydrogens (primary N) is 1. The molecule has 0 aliphatic carbocycles. The smallest absolute Gasteiger partial charge is 0.232 e. The van der Waals surface area contributed by atoms with Crippen molar-refractivity contribution in [3.63, 3.8) is 0 Å². The van der Waals surface area contributed by atoms with Gasteiger partial charge >= 0.3 is 0 Å². The molecule has 3 aromatic rings. The molecule has 1 heterocycles. The lowest BCUT2D eigenvalue weighted by molar-refractivity contribution is 0.259. The van der Waals surface area contributed by atoms with Crippen molar-refractivity contribution < 1.29 is 14.2 Å². The molecular formula is C18H18ClN5O3. The second-order valence-corrected chi connectivity index (χ2v) is 5.73. The SMILES string of the molecule is COc1cccc(OC)c1OCc1nc(N)nc(Nc2ccccc2Cl)n1. The number of hydrogen-bond acceptors (Lipinski definition) is 8. The van der Waals surface area contributed by atoms with Crippen LogP contribution >= 0.6 is 11.6 Å². The van der Waals surface area contributed by atoms with Crippen molar-refractivity contribution in [1.82, 2.24) is 15.0 Å². The lowest BCUT2D eigenvalue weighted by atomic mass is 10.3. The lowest BCUT2D eigenvalue weighted by Crippen LogP contribution is -2.10. The third-order valence-electron chi connectivity index (χ3n) is 3.55. The molecule has 0 saturated carbocycles. The second kappa shape index (κ2) is 8.41. The van der Waals surface area contributed by atoms with Crippen LogP contribution in [0, 0.1) is 0 Å². The van der Waals surface area contributed by atoms with Crippen LogP contribution in [0.2, 0.25) is 5.02 Å². The summed E-state index contributed by atoms with van der Waals surface area (Å²) in [6.45, 7) is 0.0423. The van der Waals surface area contributed by atoms with Gasteiger partial charge in [0, 0.05) is 0 Å². The molecule has 0 saturated heterocycles. The molecule has 0 atom stereocenters. The first-order valence-electron chi connectivity index (χ1n) is 7.96. The number of halogens is 1. The van der Waals surface area contributed by atoms with E-state index < -0.39 is 0 Å². The van der Waals surface area contributed by atoms with Gasteiger partial charge in [0.05, 0.1) is 24.9 Å². The van der Waals surface area contributed by atoms with E-state index in [9.17, 15) is 0 Å². The first-order chi connectivity index (χ1) is 13.1. The number of benzene rings is 2. The summed E-state index contributed by atoms with van der Waals surface area (Å²) in [6.07, 6.45) is 0. The third kappa shape index (κ3) is 4.48. The average Bonchev–Trinajstić information content (AvgIpc) is 2.67. The van der Waals surface area contributed by atoms with Crippen LogP contribution in [0.1, 0.15) is 5.82 Å². The number of rotatable bonds is 7. The van der Waals surface area contributed by atoms with E-state index in [0.29, 0.717) is 33.8 Å². The van der Waals surface area contributed by atoms with Gasteiger partial charge in [-0.25, -0.2) is 0 Å². The Balaban J connectivity index is 1.81. The van der Waals surface area contributed by atoms with Gasteiger partial charge < -0.3 is 25.3 Å². The molecule has 3 N–H and O–H groups in total. The Labute approximate surface area is 161 Å². The van der Waals surface area contributed by atoms with Gasteiger partial charge in [-0.3, -0.25) is 0 Å². The summed E-state index contributed by atoms with van der Waals surface area (Å²) in [7, 11) is 3.10. The molecule has 0 amide bonds. The maximum atomic E-state index is 6.14. The molecule has 2 aromatic carbocycles. The molecule has 0 unspecified atom stereocenters. The van der Waals surface area contributed by atoms with Crippen LogP contribution in [-0.2, 0) is 6.61 Å². The van der Waals surface area contributed by atoms with E-state index in [1.54, 1.807) is 44.6 Å². The summed E-state index contributed by atoms with van der Waals surface area (Å²) in [5.41, 5.74) is 6.45. The van der Waals surface area contributed by atoms with Crippen LogP contribution in [0.3, 0.4) is 0 Å². The lowest BCUT2D eigenvalue weighted by Gasteiger charge is -2.14. The molecule has 0 radical (unpaired) electrons. The summed E-state index contributed by atoms with van der Waals surface area (Å²) >= 11 is 6.14. The highest BCUT2D eigenvalue weighted by atomic mass is 35.5. The molecule has 0 bridgehead atoms. The van der Waals surface area contributed by atoms with E-state index in [1.807, 2.05) is 12.1 Å². The number of methoxy groups -OCH3 is 2. The van der Waals surface area contributed by atoms with Gasteiger partial charge in [0.25, 0.3) is 0 Å². The van der Waals surface area contributed by atoms with Gasteiger partial charge in [-0.1, -0.05) is 29.8 Å². The average molecular weight is 388 g/mol. The van der Waals surface area contributed by atoms with E-state index in [1.165, 1.54) is 0 Å². The first kappa shape index (κ1) is 18.5. The van der Waals surface area contributed by atoms with Crippen LogP contribution in [0.5, 0.6) is 17.2 Å². The topological polar surface area (TPSA) is 104 Å². The third-order valence-corrected chi connectivity index (χ3v) is 3.88. The Kier molecular flexibility index (Phi) is 5.77. The molecule has 0 fully saturated rings. The number of anilines is 3. The van der Waals surface area contributed by atoms with Gasteiger partial charge in [0.2, 0.25) is 17.6 Å². The molecule has 140 valence electrons. The monoisotopic (exact) mass is 387 g/mol. The van der Waals surface area contributed by atoms with Crippen molar-refractivity contribution in [2.75, 3.05) is 25.3 Å². The first-order valence-corrected chi connectivity index (χ1v) is 8.34. The Morgan fingerprint density at radius 1 is 0.963 bits per heavy atom. The molecule has 0 spiro atoms. The van der Waals surface area contributed by atoms with E-state index in [0.717, 1.165) is 0 Å². The van der Waals surface area contributed by atoms with Crippen molar-refractivity contribution in [3.8, 4) is 17.2 Å². The number of ether oxygens (including phenoxy) is 3. The number of hydrogen-bond donors (Lipinski definition) is 2. The van der Waals surface area contributed by atoms with Gasteiger partial charge in [-0.15, -0.1) is 0 Å². The fourth-order valence-corrected chi connectivity index (χ4v) is 2.52. The van der Waals surface area contributed by atoms with Crippen LogP contribution in [0.15, 0.2) is 42.5 Å². The quantitative estimate of drug-likeness (QED) is 0.635. The molecule has 3 rings (SSSR count). The fourth-order valence-electron chi connectivity index (χ4n) is 2.34. The summed E-state index contributed by atoms with van der Waals surface area (Å²) in [5, 5.41) is 3.55. The number of para-hydroxylation sites is 2. The minimum absolute atomic E-state index is 0.0423. The van der Waals surface area contributed by atoms with Gasteiger partial charge in [-0.2, -0.15) is 15.0 Å². The van der Waals surface area contributed by atoms with Gasteiger partial charge in [0.1, 0.15) is 6.61 Å². The summed E-state index contributed by atoms with van der Waals surface area (Å²) in [4.78, 5) is 12.5. The number of nitrogens with one attached hydrogen (secondary N) is 1. The molecular weight excluding hydrogens is 370 g/mol. The minimum atomic E-state index is 0.0423. The van der Waals surface area contributed by atoms with Gasteiger partial charge in [0.15, 0.2) is 17.3 Å². The van der Waals surface area contributed by atoms with Crippen LogP contribution in [-0.4, -0.2) is 29.2 Å². The molecule has 1 aromatic heterocycles. The Hall–Kier alpha value is -3.26. The standard InChI is InChI=1S/C18H18ClN5O3/c1-25-13-8-5-9-14(26-2)16(13)27-10-15-22-17(20)24-18(23-15)21-12-7-4-3-6-11(12)19/h3-9H,10H2,1-2H3,(H3,20,21,22,23,24). The maximum absolute atomic E-state index is 6.14. The highest BCUT2D eigenvalue weighted by Gasteiger charge is 2.13. The number of aromatic nitrogens is 3. The van der Waals surface area contributed by atoms with E-state index in [2.05, 4.69) is 20.3 Å².